The van der Waals surface area contributed by atoms with Crippen LogP contribution in [-0.4, -0.2) is 40.5 Å². The van der Waals surface area contributed by atoms with Crippen LogP contribution in [0.3, 0.4) is 0 Å². The number of piperidine rings is 1. The van der Waals surface area contributed by atoms with Crippen molar-refractivity contribution in [3.63, 3.8) is 0 Å². The Morgan fingerprint density at radius 3 is 2.42 bits per heavy atom. The number of likely N-dealkylation sites (tertiary alicyclic amines) is 1. The fraction of sp³-hybridized carbons (Fsp3) is 0.333. The highest BCUT2D eigenvalue weighted by Crippen LogP contribution is 2.39. The van der Waals surface area contributed by atoms with Crippen LogP contribution in [0.1, 0.15) is 45.5 Å². The van der Waals surface area contributed by atoms with Gasteiger partial charge in [0, 0.05) is 18.7 Å². The first-order valence-electron chi connectivity index (χ1n) is 11.5. The fourth-order valence-corrected chi connectivity index (χ4v) is 5.92. The van der Waals surface area contributed by atoms with E-state index in [9.17, 15) is 9.59 Å². The van der Waals surface area contributed by atoms with Crippen molar-refractivity contribution >= 4 is 23.6 Å². The van der Waals surface area contributed by atoms with Gasteiger partial charge in [-0.05, 0) is 60.6 Å². The van der Waals surface area contributed by atoms with Gasteiger partial charge in [0.25, 0.3) is 5.91 Å². The number of hydrogen-bond donors (Lipinski definition) is 0. The lowest BCUT2D eigenvalue weighted by molar-refractivity contribution is -0.128. The van der Waals surface area contributed by atoms with Gasteiger partial charge in [-0.1, -0.05) is 42.5 Å². The second-order valence-electron chi connectivity index (χ2n) is 8.81. The predicted molar refractivity (Wildman–Crippen MR) is 130 cm³/mol. The second kappa shape index (κ2) is 9.87. The van der Waals surface area contributed by atoms with E-state index in [1.165, 1.54) is 5.56 Å². The van der Waals surface area contributed by atoms with Gasteiger partial charge >= 0.3 is 0 Å². The lowest BCUT2D eigenvalue weighted by Gasteiger charge is -2.32. The summed E-state index contributed by atoms with van der Waals surface area (Å²) in [5, 5.41) is -0.0551. The molecule has 6 heteroatoms. The van der Waals surface area contributed by atoms with E-state index < -0.39 is 0 Å². The summed E-state index contributed by atoms with van der Waals surface area (Å²) in [5.74, 6) is 2.08. The van der Waals surface area contributed by atoms with Crippen molar-refractivity contribution in [3.8, 4) is 0 Å². The number of carbonyl (C=O) groups excluding carboxylic acids is 2. The molecule has 0 bridgehead atoms. The van der Waals surface area contributed by atoms with Crippen LogP contribution >= 0.6 is 11.8 Å². The highest BCUT2D eigenvalue weighted by atomic mass is 32.2. The molecular weight excluding hydrogens is 432 g/mol. The summed E-state index contributed by atoms with van der Waals surface area (Å²) in [6.07, 6.45) is 4.80. The van der Waals surface area contributed by atoms with Gasteiger partial charge in [0.05, 0.1) is 18.6 Å². The molecule has 1 unspecified atom stereocenters. The molecule has 2 saturated heterocycles. The Hall–Kier alpha value is -2.99. The molecule has 3 aromatic rings. The summed E-state index contributed by atoms with van der Waals surface area (Å²) in [6, 6.07) is 22.1. The van der Waals surface area contributed by atoms with Crippen molar-refractivity contribution in [1.29, 1.82) is 0 Å². The van der Waals surface area contributed by atoms with Crippen LogP contribution in [0.5, 0.6) is 0 Å². The minimum atomic E-state index is -0.0551. The van der Waals surface area contributed by atoms with Crippen LogP contribution < -0.4 is 0 Å². The molecule has 170 valence electrons. The Bertz CT molecular complexity index is 1070. The number of nitrogens with zero attached hydrogens (tertiary/aromatic N) is 2. The maximum atomic E-state index is 13.1. The van der Waals surface area contributed by atoms with Crippen molar-refractivity contribution in [1.82, 2.24) is 9.80 Å². The van der Waals surface area contributed by atoms with E-state index in [-0.39, 0.29) is 17.2 Å². The van der Waals surface area contributed by atoms with Crippen molar-refractivity contribution in [2.24, 2.45) is 5.92 Å². The van der Waals surface area contributed by atoms with E-state index in [0.717, 1.165) is 43.7 Å². The number of amides is 2. The number of carbonyl (C=O) groups is 2. The van der Waals surface area contributed by atoms with Crippen molar-refractivity contribution in [2.45, 2.75) is 31.2 Å². The minimum absolute atomic E-state index is 0.0551. The molecule has 2 aliphatic rings. The van der Waals surface area contributed by atoms with E-state index >= 15 is 0 Å². The Labute approximate surface area is 198 Å². The minimum Gasteiger partial charge on any atom is -0.467 e. The highest BCUT2D eigenvalue weighted by Gasteiger charge is 2.33. The van der Waals surface area contributed by atoms with Gasteiger partial charge in [0.1, 0.15) is 11.1 Å². The Kier molecular flexibility index (Phi) is 6.53. The van der Waals surface area contributed by atoms with Crippen LogP contribution in [-0.2, 0) is 17.8 Å². The summed E-state index contributed by atoms with van der Waals surface area (Å²) in [4.78, 5) is 29.3. The highest BCUT2D eigenvalue weighted by molar-refractivity contribution is 8.00. The molecule has 1 atom stereocenters. The lowest BCUT2D eigenvalue weighted by Crippen LogP contribution is -2.38. The number of benzene rings is 2. The SMILES string of the molecule is O=C(c1ccc(C2SCC(=O)N2Cc2ccco2)cc1)N1CCC(Cc2ccccc2)CC1. The molecule has 3 heterocycles. The monoisotopic (exact) mass is 460 g/mol. The van der Waals surface area contributed by atoms with Gasteiger partial charge < -0.3 is 14.2 Å². The van der Waals surface area contributed by atoms with Gasteiger partial charge in [-0.3, -0.25) is 9.59 Å². The quantitative estimate of drug-likeness (QED) is 0.511. The van der Waals surface area contributed by atoms with Crippen LogP contribution in [0.2, 0.25) is 0 Å². The molecule has 33 heavy (non-hydrogen) atoms. The molecule has 0 saturated carbocycles. The molecule has 0 spiro atoms. The first-order valence-corrected chi connectivity index (χ1v) is 12.6. The maximum absolute atomic E-state index is 13.1. The second-order valence-corrected chi connectivity index (χ2v) is 9.88. The predicted octanol–water partition coefficient (Wildman–Crippen LogP) is 5.15. The zero-order valence-electron chi connectivity index (χ0n) is 18.6. The van der Waals surface area contributed by atoms with Crippen LogP contribution in [0.25, 0.3) is 0 Å². The number of rotatable bonds is 6. The standard InChI is InChI=1S/C27H28N2O3S/c30-25-19-33-27(29(25)18-24-7-4-16-32-24)23-10-8-22(9-11-23)26(31)28-14-12-21(13-15-28)17-20-5-2-1-3-6-20/h1-11,16,21,27H,12-15,17-19H2. The first kappa shape index (κ1) is 21.8. The smallest absolute Gasteiger partial charge is 0.253 e. The van der Waals surface area contributed by atoms with Crippen LogP contribution in [0.15, 0.2) is 77.4 Å². The average molecular weight is 461 g/mol. The summed E-state index contributed by atoms with van der Waals surface area (Å²) < 4.78 is 5.43. The molecule has 5 rings (SSSR count). The molecule has 1 aromatic heterocycles. The van der Waals surface area contributed by atoms with Crippen LogP contribution in [0, 0.1) is 5.92 Å². The molecule has 2 aromatic carbocycles. The molecule has 0 aliphatic carbocycles. The Morgan fingerprint density at radius 2 is 1.73 bits per heavy atom. The third-order valence-corrected chi connectivity index (χ3v) is 7.84. The Morgan fingerprint density at radius 1 is 0.970 bits per heavy atom. The normalized spacial score (nSPS) is 19.3. The first-order chi connectivity index (χ1) is 16.2. The maximum Gasteiger partial charge on any atom is 0.253 e. The lowest BCUT2D eigenvalue weighted by atomic mass is 9.90. The molecule has 0 radical (unpaired) electrons. The number of thioether (sulfide) groups is 1. The van der Waals surface area contributed by atoms with Crippen molar-refractivity contribution in [2.75, 3.05) is 18.8 Å². The molecule has 5 nitrogen and oxygen atoms in total. The van der Waals surface area contributed by atoms with E-state index in [4.69, 9.17) is 4.42 Å². The van der Waals surface area contributed by atoms with E-state index in [0.29, 0.717) is 23.8 Å². The van der Waals surface area contributed by atoms with Gasteiger partial charge in [-0.25, -0.2) is 0 Å². The van der Waals surface area contributed by atoms with E-state index in [1.807, 2.05) is 46.2 Å². The van der Waals surface area contributed by atoms with E-state index in [2.05, 4.69) is 30.3 Å². The van der Waals surface area contributed by atoms with Crippen LogP contribution in [0.4, 0.5) is 0 Å². The molecular formula is C27H28N2O3S. The number of hydrogen-bond acceptors (Lipinski definition) is 4. The van der Waals surface area contributed by atoms with Crippen molar-refractivity contribution < 1.29 is 14.0 Å². The summed E-state index contributed by atoms with van der Waals surface area (Å²) in [6.45, 7) is 2.08. The molecule has 2 aliphatic heterocycles. The largest absolute Gasteiger partial charge is 0.467 e. The van der Waals surface area contributed by atoms with Gasteiger partial charge in [-0.2, -0.15) is 0 Å². The summed E-state index contributed by atoms with van der Waals surface area (Å²) in [5.41, 5.74) is 3.13. The topological polar surface area (TPSA) is 53.8 Å². The summed E-state index contributed by atoms with van der Waals surface area (Å²) in [7, 11) is 0. The van der Waals surface area contributed by atoms with Gasteiger partial charge in [0.2, 0.25) is 5.91 Å². The molecule has 2 amide bonds. The zero-order chi connectivity index (χ0) is 22.6. The van der Waals surface area contributed by atoms with E-state index in [1.54, 1.807) is 18.0 Å². The Balaban J connectivity index is 1.19. The van der Waals surface area contributed by atoms with Gasteiger partial charge in [-0.15, -0.1) is 11.8 Å². The fourth-order valence-electron chi connectivity index (χ4n) is 4.73. The zero-order valence-corrected chi connectivity index (χ0v) is 19.4. The summed E-state index contributed by atoms with van der Waals surface area (Å²) >= 11 is 1.62. The third kappa shape index (κ3) is 5.01. The molecule has 2 fully saturated rings. The third-order valence-electron chi connectivity index (χ3n) is 6.59. The van der Waals surface area contributed by atoms with Gasteiger partial charge in [0.15, 0.2) is 0 Å². The van der Waals surface area contributed by atoms with Crippen molar-refractivity contribution in [3.05, 3.63) is 95.4 Å². The average Bonchev–Trinajstić information content (AvgIpc) is 3.50. The molecule has 0 N–H and O–H groups in total. The number of furan rings is 1.